The Morgan fingerprint density at radius 3 is 3.00 bits per heavy atom. The van der Waals surface area contributed by atoms with Crippen LogP contribution in [0.25, 0.3) is 0 Å². The van der Waals surface area contributed by atoms with E-state index in [9.17, 15) is 0 Å². The van der Waals surface area contributed by atoms with Gasteiger partial charge in [0.1, 0.15) is 5.82 Å². The molecule has 1 aliphatic heterocycles. The third-order valence-corrected chi connectivity index (χ3v) is 4.15. The van der Waals surface area contributed by atoms with Crippen LogP contribution in [0.5, 0.6) is 0 Å². The van der Waals surface area contributed by atoms with Crippen molar-refractivity contribution in [2.24, 2.45) is 0 Å². The highest BCUT2D eigenvalue weighted by Crippen LogP contribution is 2.31. The van der Waals surface area contributed by atoms with E-state index in [-0.39, 0.29) is 11.6 Å². The van der Waals surface area contributed by atoms with E-state index in [0.29, 0.717) is 5.95 Å². The predicted octanol–water partition coefficient (Wildman–Crippen LogP) is 3.04. The Balaban J connectivity index is 2.14. The molecule has 19 heavy (non-hydrogen) atoms. The molecule has 0 saturated carbocycles. The van der Waals surface area contributed by atoms with Crippen LogP contribution in [0.2, 0.25) is 0 Å². The van der Waals surface area contributed by atoms with E-state index in [0.717, 1.165) is 36.3 Å². The molecule has 0 aliphatic carbocycles. The number of hydrogen-bond donors (Lipinski definition) is 2. The minimum absolute atomic E-state index is 0.0844. The summed E-state index contributed by atoms with van der Waals surface area (Å²) in [6, 6.07) is 0. The number of rotatable bonds is 5. The lowest BCUT2D eigenvalue weighted by molar-refractivity contribution is 0.105. The second kappa shape index (κ2) is 6.05. The molecule has 1 aliphatic rings. The van der Waals surface area contributed by atoms with Crippen molar-refractivity contribution in [2.45, 2.75) is 45.3 Å². The van der Waals surface area contributed by atoms with Gasteiger partial charge in [-0.1, -0.05) is 6.92 Å². The Hall–Kier alpha value is -0.880. The quantitative estimate of drug-likeness (QED) is 0.869. The van der Waals surface area contributed by atoms with Crippen LogP contribution in [0, 0.1) is 0 Å². The van der Waals surface area contributed by atoms with E-state index in [1.807, 2.05) is 0 Å². The number of hydrogen-bond acceptors (Lipinski definition) is 5. The van der Waals surface area contributed by atoms with Crippen molar-refractivity contribution in [2.75, 3.05) is 23.8 Å². The zero-order valence-electron chi connectivity index (χ0n) is 11.7. The molecule has 2 unspecified atom stereocenters. The average molecular weight is 329 g/mol. The SMILES string of the molecule is CCCNc1ncc(Br)c(NC2(C)CCOC2C)n1. The molecule has 2 atom stereocenters. The van der Waals surface area contributed by atoms with Crippen LogP contribution in [-0.4, -0.2) is 34.8 Å². The second-order valence-corrected chi connectivity index (χ2v) is 5.98. The first-order valence-electron chi connectivity index (χ1n) is 6.71. The zero-order valence-corrected chi connectivity index (χ0v) is 13.2. The summed E-state index contributed by atoms with van der Waals surface area (Å²) in [6.07, 6.45) is 3.96. The van der Waals surface area contributed by atoms with Gasteiger partial charge in [-0.15, -0.1) is 0 Å². The van der Waals surface area contributed by atoms with Gasteiger partial charge >= 0.3 is 0 Å². The first kappa shape index (κ1) is 14.5. The van der Waals surface area contributed by atoms with Gasteiger partial charge < -0.3 is 15.4 Å². The van der Waals surface area contributed by atoms with E-state index in [4.69, 9.17) is 4.74 Å². The molecule has 1 aromatic rings. The summed E-state index contributed by atoms with van der Waals surface area (Å²) in [6.45, 7) is 8.03. The molecule has 1 aromatic heterocycles. The van der Waals surface area contributed by atoms with E-state index in [1.54, 1.807) is 6.20 Å². The van der Waals surface area contributed by atoms with Crippen LogP contribution in [0.3, 0.4) is 0 Å². The van der Waals surface area contributed by atoms with Crippen molar-refractivity contribution in [3.05, 3.63) is 10.7 Å². The molecule has 106 valence electrons. The highest BCUT2D eigenvalue weighted by molar-refractivity contribution is 9.10. The summed E-state index contributed by atoms with van der Waals surface area (Å²) in [5.41, 5.74) is -0.0844. The lowest BCUT2D eigenvalue weighted by Gasteiger charge is -2.30. The molecular weight excluding hydrogens is 308 g/mol. The van der Waals surface area contributed by atoms with E-state index >= 15 is 0 Å². The first-order chi connectivity index (χ1) is 9.05. The van der Waals surface area contributed by atoms with Gasteiger partial charge in [0, 0.05) is 19.3 Å². The highest BCUT2D eigenvalue weighted by Gasteiger charge is 2.37. The summed E-state index contributed by atoms with van der Waals surface area (Å²) in [4.78, 5) is 8.77. The fourth-order valence-electron chi connectivity index (χ4n) is 2.05. The molecule has 0 radical (unpaired) electrons. The Bertz CT molecular complexity index is 443. The average Bonchev–Trinajstić information content (AvgIpc) is 2.70. The smallest absolute Gasteiger partial charge is 0.224 e. The fourth-order valence-corrected chi connectivity index (χ4v) is 2.34. The number of halogens is 1. The van der Waals surface area contributed by atoms with Crippen molar-refractivity contribution in [1.82, 2.24) is 9.97 Å². The molecule has 2 rings (SSSR count). The molecule has 1 fully saturated rings. The summed E-state index contributed by atoms with van der Waals surface area (Å²) < 4.78 is 6.51. The van der Waals surface area contributed by atoms with Gasteiger partial charge in [-0.05, 0) is 42.6 Å². The maximum Gasteiger partial charge on any atom is 0.224 e. The third-order valence-electron chi connectivity index (χ3n) is 3.57. The van der Waals surface area contributed by atoms with E-state index in [2.05, 4.69) is 57.3 Å². The van der Waals surface area contributed by atoms with Gasteiger partial charge in [0.2, 0.25) is 5.95 Å². The number of nitrogens with one attached hydrogen (secondary N) is 2. The predicted molar refractivity (Wildman–Crippen MR) is 80.6 cm³/mol. The van der Waals surface area contributed by atoms with Crippen LogP contribution < -0.4 is 10.6 Å². The molecule has 0 bridgehead atoms. The van der Waals surface area contributed by atoms with Crippen molar-refractivity contribution in [3.63, 3.8) is 0 Å². The van der Waals surface area contributed by atoms with Gasteiger partial charge in [0.25, 0.3) is 0 Å². The van der Waals surface area contributed by atoms with Gasteiger partial charge in [0.15, 0.2) is 0 Å². The molecule has 0 amide bonds. The van der Waals surface area contributed by atoms with Crippen molar-refractivity contribution >= 4 is 27.7 Å². The van der Waals surface area contributed by atoms with E-state index in [1.165, 1.54) is 0 Å². The largest absolute Gasteiger partial charge is 0.376 e. The van der Waals surface area contributed by atoms with Gasteiger partial charge in [-0.3, -0.25) is 0 Å². The Kier molecular flexibility index (Phi) is 4.62. The minimum Gasteiger partial charge on any atom is -0.376 e. The lowest BCUT2D eigenvalue weighted by atomic mass is 9.95. The topological polar surface area (TPSA) is 59.1 Å². The fraction of sp³-hybridized carbons (Fsp3) is 0.692. The summed E-state index contributed by atoms with van der Waals surface area (Å²) >= 11 is 3.49. The molecule has 5 nitrogen and oxygen atoms in total. The highest BCUT2D eigenvalue weighted by atomic mass is 79.9. The Morgan fingerprint density at radius 1 is 1.58 bits per heavy atom. The molecule has 0 aromatic carbocycles. The molecule has 1 saturated heterocycles. The van der Waals surface area contributed by atoms with Gasteiger partial charge in [-0.2, -0.15) is 4.98 Å². The molecule has 6 heteroatoms. The summed E-state index contributed by atoms with van der Waals surface area (Å²) in [5.74, 6) is 1.47. The van der Waals surface area contributed by atoms with E-state index < -0.39 is 0 Å². The maximum absolute atomic E-state index is 5.64. The Labute approximate surface area is 122 Å². The monoisotopic (exact) mass is 328 g/mol. The van der Waals surface area contributed by atoms with Gasteiger partial charge in [-0.25, -0.2) is 4.98 Å². The zero-order chi connectivity index (χ0) is 13.9. The second-order valence-electron chi connectivity index (χ2n) is 5.12. The van der Waals surface area contributed by atoms with Crippen LogP contribution in [-0.2, 0) is 4.74 Å². The van der Waals surface area contributed by atoms with Crippen LogP contribution in [0.1, 0.15) is 33.6 Å². The lowest BCUT2D eigenvalue weighted by Crippen LogP contribution is -2.41. The molecule has 0 spiro atoms. The van der Waals surface area contributed by atoms with Crippen molar-refractivity contribution in [3.8, 4) is 0 Å². The number of ether oxygens (including phenoxy) is 1. The van der Waals surface area contributed by atoms with Crippen molar-refractivity contribution < 1.29 is 4.74 Å². The summed E-state index contributed by atoms with van der Waals surface area (Å²) in [7, 11) is 0. The van der Waals surface area contributed by atoms with Crippen LogP contribution in [0.4, 0.5) is 11.8 Å². The number of aromatic nitrogens is 2. The Morgan fingerprint density at radius 2 is 2.37 bits per heavy atom. The maximum atomic E-state index is 5.64. The van der Waals surface area contributed by atoms with Crippen molar-refractivity contribution in [1.29, 1.82) is 0 Å². The molecule has 2 heterocycles. The molecule has 2 N–H and O–H groups in total. The third kappa shape index (κ3) is 3.36. The standard InChI is InChI=1S/C13H21BrN4O/c1-4-6-15-12-16-8-10(14)11(17-12)18-13(3)5-7-19-9(13)2/h8-9H,4-7H2,1-3H3,(H2,15,16,17,18). The minimum atomic E-state index is -0.0844. The molecular formula is C13H21BrN4O. The number of nitrogens with zero attached hydrogens (tertiary/aromatic N) is 2. The normalized spacial score (nSPS) is 26.4. The number of anilines is 2. The van der Waals surface area contributed by atoms with Crippen LogP contribution in [0.15, 0.2) is 10.7 Å². The van der Waals surface area contributed by atoms with Crippen LogP contribution >= 0.6 is 15.9 Å². The summed E-state index contributed by atoms with van der Waals surface area (Å²) in [5, 5.41) is 6.69. The first-order valence-corrected chi connectivity index (χ1v) is 7.50. The van der Waals surface area contributed by atoms with Gasteiger partial charge in [0.05, 0.1) is 16.1 Å².